The molecular weight excluding hydrogens is 264 g/mol. The summed E-state index contributed by atoms with van der Waals surface area (Å²) in [6, 6.07) is 5.24. The van der Waals surface area contributed by atoms with E-state index in [-0.39, 0.29) is 30.5 Å². The van der Waals surface area contributed by atoms with Crippen LogP contribution in [0.1, 0.15) is 30.1 Å². The van der Waals surface area contributed by atoms with Crippen molar-refractivity contribution in [1.29, 1.82) is 0 Å². The molecule has 1 aromatic rings. The first-order chi connectivity index (χ1) is 9.43. The summed E-state index contributed by atoms with van der Waals surface area (Å²) in [4.78, 5) is 32.4. The van der Waals surface area contributed by atoms with E-state index in [0.29, 0.717) is 12.0 Å². The lowest BCUT2D eigenvalue weighted by Crippen LogP contribution is -2.30. The van der Waals surface area contributed by atoms with E-state index >= 15 is 0 Å². The minimum Gasteiger partial charge on any atom is -0.481 e. The summed E-state index contributed by atoms with van der Waals surface area (Å²) in [7, 11) is 0. The number of carboxylic acid groups (broad SMARTS) is 1. The monoisotopic (exact) mass is 280 g/mol. The molecule has 2 N–H and O–H groups in total. The van der Waals surface area contributed by atoms with Gasteiger partial charge in [0.05, 0.1) is 4.92 Å². The van der Waals surface area contributed by atoms with Crippen LogP contribution in [0.4, 0.5) is 5.69 Å². The number of carbonyl (C=O) groups excluding carboxylic acids is 1. The van der Waals surface area contributed by atoms with Gasteiger partial charge in [0.2, 0.25) is 0 Å². The number of non-ortho nitro benzene ring substituents is 1. The normalized spacial score (nSPS) is 11.7. The SMILES string of the molecule is CCC(CNC(=O)c1ccc([N+](=O)[O-])cc1)CC(=O)O. The highest BCUT2D eigenvalue weighted by atomic mass is 16.6. The Morgan fingerprint density at radius 1 is 1.35 bits per heavy atom. The summed E-state index contributed by atoms with van der Waals surface area (Å²) in [6.07, 6.45) is 0.643. The van der Waals surface area contributed by atoms with Gasteiger partial charge in [0.25, 0.3) is 11.6 Å². The maximum atomic E-state index is 11.8. The van der Waals surface area contributed by atoms with E-state index in [1.54, 1.807) is 0 Å². The Labute approximate surface area is 115 Å². The number of amides is 1. The molecule has 0 aliphatic heterocycles. The molecule has 0 saturated heterocycles. The van der Waals surface area contributed by atoms with Crippen LogP contribution >= 0.6 is 0 Å². The average Bonchev–Trinajstić information content (AvgIpc) is 2.42. The number of benzene rings is 1. The number of aliphatic carboxylic acids is 1. The van der Waals surface area contributed by atoms with Crippen LogP contribution in [0.2, 0.25) is 0 Å². The molecule has 1 atom stereocenters. The molecule has 0 aromatic heterocycles. The van der Waals surface area contributed by atoms with Gasteiger partial charge in [-0.15, -0.1) is 0 Å². The zero-order valence-corrected chi connectivity index (χ0v) is 11.0. The molecule has 0 spiro atoms. The molecule has 1 amide bonds. The van der Waals surface area contributed by atoms with Crippen LogP contribution in [0.3, 0.4) is 0 Å². The predicted molar refractivity (Wildman–Crippen MR) is 71.5 cm³/mol. The van der Waals surface area contributed by atoms with E-state index < -0.39 is 10.9 Å². The molecule has 1 rings (SSSR count). The molecule has 0 aliphatic carbocycles. The van der Waals surface area contributed by atoms with Gasteiger partial charge in [0.15, 0.2) is 0 Å². The number of nitrogens with zero attached hydrogens (tertiary/aromatic N) is 1. The first-order valence-corrected chi connectivity index (χ1v) is 6.18. The molecule has 1 unspecified atom stereocenters. The van der Waals surface area contributed by atoms with Crippen LogP contribution in [-0.4, -0.2) is 28.5 Å². The van der Waals surface area contributed by atoms with E-state index in [9.17, 15) is 19.7 Å². The van der Waals surface area contributed by atoms with Crippen molar-refractivity contribution in [2.24, 2.45) is 5.92 Å². The molecule has 7 heteroatoms. The number of hydrogen-bond acceptors (Lipinski definition) is 4. The number of carboxylic acids is 1. The van der Waals surface area contributed by atoms with Gasteiger partial charge < -0.3 is 10.4 Å². The Balaban J connectivity index is 2.57. The Kier molecular flexibility index (Phi) is 5.64. The van der Waals surface area contributed by atoms with Crippen molar-refractivity contribution in [2.45, 2.75) is 19.8 Å². The van der Waals surface area contributed by atoms with Crippen molar-refractivity contribution < 1.29 is 19.6 Å². The summed E-state index contributed by atoms with van der Waals surface area (Å²) in [6.45, 7) is 2.12. The molecule has 20 heavy (non-hydrogen) atoms. The van der Waals surface area contributed by atoms with E-state index in [0.717, 1.165) is 0 Å². The Hall–Kier alpha value is -2.44. The van der Waals surface area contributed by atoms with Crippen LogP contribution in [0, 0.1) is 16.0 Å². The number of nitro benzene ring substituents is 1. The van der Waals surface area contributed by atoms with Gasteiger partial charge in [0, 0.05) is 30.7 Å². The van der Waals surface area contributed by atoms with Gasteiger partial charge in [-0.2, -0.15) is 0 Å². The first-order valence-electron chi connectivity index (χ1n) is 6.18. The van der Waals surface area contributed by atoms with Crippen molar-refractivity contribution in [3.8, 4) is 0 Å². The summed E-state index contributed by atoms with van der Waals surface area (Å²) < 4.78 is 0. The van der Waals surface area contributed by atoms with E-state index in [1.807, 2.05) is 6.92 Å². The fourth-order valence-corrected chi connectivity index (χ4v) is 1.68. The smallest absolute Gasteiger partial charge is 0.303 e. The summed E-state index contributed by atoms with van der Waals surface area (Å²) >= 11 is 0. The number of nitrogens with one attached hydrogen (secondary N) is 1. The fraction of sp³-hybridized carbons (Fsp3) is 0.385. The van der Waals surface area contributed by atoms with Gasteiger partial charge in [-0.05, 0) is 18.1 Å². The fourth-order valence-electron chi connectivity index (χ4n) is 1.68. The minimum absolute atomic E-state index is 0.00294. The Morgan fingerprint density at radius 2 is 1.95 bits per heavy atom. The van der Waals surface area contributed by atoms with Crippen molar-refractivity contribution in [1.82, 2.24) is 5.32 Å². The maximum absolute atomic E-state index is 11.8. The second-order valence-corrected chi connectivity index (χ2v) is 4.39. The Morgan fingerprint density at radius 3 is 2.40 bits per heavy atom. The van der Waals surface area contributed by atoms with Crippen molar-refractivity contribution >= 4 is 17.6 Å². The van der Waals surface area contributed by atoms with Gasteiger partial charge in [0.1, 0.15) is 0 Å². The number of rotatable bonds is 7. The standard InChI is InChI=1S/C13H16N2O5/c1-2-9(7-12(16)17)8-14-13(18)10-3-5-11(6-4-10)15(19)20/h3-6,9H,2,7-8H2,1H3,(H,14,18)(H,16,17). The molecule has 0 aliphatic rings. The highest BCUT2D eigenvalue weighted by molar-refractivity contribution is 5.94. The van der Waals surface area contributed by atoms with Crippen LogP contribution < -0.4 is 5.32 Å². The predicted octanol–water partition coefficient (Wildman–Crippen LogP) is 1.83. The zero-order valence-electron chi connectivity index (χ0n) is 11.0. The molecule has 0 saturated carbocycles. The molecule has 0 radical (unpaired) electrons. The average molecular weight is 280 g/mol. The number of nitro groups is 1. The summed E-state index contributed by atoms with van der Waals surface area (Å²) in [5.41, 5.74) is 0.222. The first kappa shape index (κ1) is 15.6. The minimum atomic E-state index is -0.901. The molecule has 0 heterocycles. The van der Waals surface area contributed by atoms with E-state index in [2.05, 4.69) is 5.32 Å². The highest BCUT2D eigenvalue weighted by Crippen LogP contribution is 2.12. The van der Waals surface area contributed by atoms with E-state index in [1.165, 1.54) is 24.3 Å². The van der Waals surface area contributed by atoms with Crippen molar-refractivity contribution in [2.75, 3.05) is 6.54 Å². The second-order valence-electron chi connectivity index (χ2n) is 4.39. The third kappa shape index (κ3) is 4.68. The lowest BCUT2D eigenvalue weighted by Gasteiger charge is -2.13. The molecular formula is C13H16N2O5. The maximum Gasteiger partial charge on any atom is 0.303 e. The van der Waals surface area contributed by atoms with E-state index in [4.69, 9.17) is 5.11 Å². The summed E-state index contributed by atoms with van der Waals surface area (Å²) in [5.74, 6) is -1.40. The zero-order chi connectivity index (χ0) is 15.1. The molecule has 1 aromatic carbocycles. The van der Waals surface area contributed by atoms with Crippen molar-refractivity contribution in [3.63, 3.8) is 0 Å². The number of hydrogen-bond donors (Lipinski definition) is 2. The molecule has 7 nitrogen and oxygen atoms in total. The largest absolute Gasteiger partial charge is 0.481 e. The topological polar surface area (TPSA) is 110 Å². The van der Waals surface area contributed by atoms with Gasteiger partial charge in [-0.25, -0.2) is 0 Å². The van der Waals surface area contributed by atoms with Gasteiger partial charge in [-0.3, -0.25) is 19.7 Å². The molecule has 108 valence electrons. The molecule has 0 fully saturated rings. The lowest BCUT2D eigenvalue weighted by molar-refractivity contribution is -0.384. The van der Waals surface area contributed by atoms with Crippen LogP contribution in [0.5, 0.6) is 0 Å². The van der Waals surface area contributed by atoms with Gasteiger partial charge >= 0.3 is 5.97 Å². The van der Waals surface area contributed by atoms with Crippen molar-refractivity contribution in [3.05, 3.63) is 39.9 Å². The summed E-state index contributed by atoms with van der Waals surface area (Å²) in [5, 5.41) is 21.8. The lowest BCUT2D eigenvalue weighted by atomic mass is 10.0. The van der Waals surface area contributed by atoms with Gasteiger partial charge in [-0.1, -0.05) is 13.3 Å². The third-order valence-corrected chi connectivity index (χ3v) is 2.93. The quantitative estimate of drug-likeness (QED) is 0.584. The Bertz CT molecular complexity index is 498. The van der Waals surface area contributed by atoms with Crippen LogP contribution in [0.15, 0.2) is 24.3 Å². The molecule has 0 bridgehead atoms. The highest BCUT2D eigenvalue weighted by Gasteiger charge is 2.14. The van der Waals surface area contributed by atoms with Crippen LogP contribution in [-0.2, 0) is 4.79 Å². The third-order valence-electron chi connectivity index (χ3n) is 2.93. The number of carbonyl (C=O) groups is 2. The van der Waals surface area contributed by atoms with Crippen LogP contribution in [0.25, 0.3) is 0 Å². The second kappa shape index (κ2) is 7.22.